The molecule has 8 heteroatoms. The molecule has 0 spiro atoms. The predicted molar refractivity (Wildman–Crippen MR) is 67.7 cm³/mol. The standard InChI is InChI=1S/C10H14N6OS/c1-10(2,8-12-3-4-18-8)14-7(17)5-16-6-13-9(11)15-16/h3-4,6H,5H2,1-2H3,(H2,11,15)(H,14,17). The third-order valence-electron chi connectivity index (χ3n) is 2.28. The summed E-state index contributed by atoms with van der Waals surface area (Å²) in [6, 6.07) is 0. The van der Waals surface area contributed by atoms with Crippen molar-refractivity contribution in [3.63, 3.8) is 0 Å². The molecule has 0 fully saturated rings. The van der Waals surface area contributed by atoms with Crippen molar-refractivity contribution in [3.05, 3.63) is 22.9 Å². The molecule has 18 heavy (non-hydrogen) atoms. The van der Waals surface area contributed by atoms with Crippen LogP contribution in [-0.2, 0) is 16.9 Å². The lowest BCUT2D eigenvalue weighted by atomic mass is 10.1. The molecule has 0 atom stereocenters. The van der Waals surface area contributed by atoms with E-state index < -0.39 is 5.54 Å². The van der Waals surface area contributed by atoms with Crippen LogP contribution in [0.1, 0.15) is 18.9 Å². The number of nitrogens with one attached hydrogen (secondary N) is 1. The van der Waals surface area contributed by atoms with Gasteiger partial charge in [-0.15, -0.1) is 16.4 Å². The molecule has 96 valence electrons. The molecular weight excluding hydrogens is 252 g/mol. The molecular formula is C10H14N6OS. The molecule has 7 nitrogen and oxygen atoms in total. The molecule has 0 aliphatic heterocycles. The average Bonchev–Trinajstić information content (AvgIpc) is 2.88. The van der Waals surface area contributed by atoms with Crippen molar-refractivity contribution in [1.29, 1.82) is 0 Å². The summed E-state index contributed by atoms with van der Waals surface area (Å²) in [4.78, 5) is 19.8. The molecule has 0 unspecified atom stereocenters. The van der Waals surface area contributed by atoms with E-state index in [2.05, 4.69) is 20.4 Å². The molecule has 0 radical (unpaired) electrons. The van der Waals surface area contributed by atoms with Crippen LogP contribution < -0.4 is 11.1 Å². The van der Waals surface area contributed by atoms with Crippen molar-refractivity contribution < 1.29 is 4.79 Å². The van der Waals surface area contributed by atoms with Crippen LogP contribution >= 0.6 is 11.3 Å². The Morgan fingerprint density at radius 1 is 1.56 bits per heavy atom. The molecule has 2 rings (SSSR count). The van der Waals surface area contributed by atoms with Gasteiger partial charge in [-0.3, -0.25) is 4.79 Å². The Morgan fingerprint density at radius 2 is 2.33 bits per heavy atom. The summed E-state index contributed by atoms with van der Waals surface area (Å²) >= 11 is 1.50. The highest BCUT2D eigenvalue weighted by atomic mass is 32.1. The molecule has 1 amide bonds. The monoisotopic (exact) mass is 266 g/mol. The topological polar surface area (TPSA) is 98.7 Å². The Balaban J connectivity index is 1.99. The van der Waals surface area contributed by atoms with Gasteiger partial charge in [-0.1, -0.05) is 0 Å². The van der Waals surface area contributed by atoms with E-state index in [0.717, 1.165) is 5.01 Å². The summed E-state index contributed by atoms with van der Waals surface area (Å²) in [6.45, 7) is 3.89. The van der Waals surface area contributed by atoms with E-state index in [1.807, 2.05) is 19.2 Å². The Bertz CT molecular complexity index is 532. The Kier molecular flexibility index (Phi) is 3.28. The Labute approximate surface area is 108 Å². The summed E-state index contributed by atoms with van der Waals surface area (Å²) in [5, 5.41) is 9.48. The van der Waals surface area contributed by atoms with Crippen LogP contribution in [0.15, 0.2) is 17.9 Å². The second-order valence-corrected chi connectivity index (χ2v) is 5.21. The molecule has 0 aliphatic carbocycles. The third kappa shape index (κ3) is 2.83. The molecule has 0 aliphatic rings. The average molecular weight is 266 g/mol. The van der Waals surface area contributed by atoms with Crippen LogP contribution in [0.3, 0.4) is 0 Å². The lowest BCUT2D eigenvalue weighted by Gasteiger charge is -2.23. The van der Waals surface area contributed by atoms with Crippen molar-refractivity contribution >= 4 is 23.2 Å². The number of nitrogens with zero attached hydrogens (tertiary/aromatic N) is 4. The van der Waals surface area contributed by atoms with Crippen molar-refractivity contribution in [2.75, 3.05) is 5.73 Å². The van der Waals surface area contributed by atoms with Gasteiger partial charge in [0.25, 0.3) is 0 Å². The van der Waals surface area contributed by atoms with Gasteiger partial charge in [0.05, 0.1) is 5.54 Å². The van der Waals surface area contributed by atoms with Gasteiger partial charge in [0.2, 0.25) is 11.9 Å². The molecule has 2 aromatic heterocycles. The van der Waals surface area contributed by atoms with Gasteiger partial charge in [-0.2, -0.15) is 0 Å². The number of amides is 1. The van der Waals surface area contributed by atoms with Crippen LogP contribution in [-0.4, -0.2) is 25.7 Å². The maximum absolute atomic E-state index is 11.9. The first-order chi connectivity index (χ1) is 8.47. The number of nitrogens with two attached hydrogens (primary N) is 1. The molecule has 0 saturated carbocycles. The summed E-state index contributed by atoms with van der Waals surface area (Å²) in [5.41, 5.74) is 4.87. The number of aromatic nitrogens is 4. The lowest BCUT2D eigenvalue weighted by molar-refractivity contribution is -0.123. The SMILES string of the molecule is CC(C)(NC(=O)Cn1cnc(N)n1)c1nccs1. The van der Waals surface area contributed by atoms with Crippen LogP contribution in [0.2, 0.25) is 0 Å². The van der Waals surface area contributed by atoms with Crippen molar-refractivity contribution in [1.82, 2.24) is 25.1 Å². The van der Waals surface area contributed by atoms with Crippen LogP contribution in [0, 0.1) is 0 Å². The van der Waals surface area contributed by atoms with E-state index in [4.69, 9.17) is 5.73 Å². The van der Waals surface area contributed by atoms with E-state index >= 15 is 0 Å². The van der Waals surface area contributed by atoms with E-state index in [1.165, 1.54) is 22.3 Å². The first-order valence-electron chi connectivity index (χ1n) is 5.33. The highest BCUT2D eigenvalue weighted by molar-refractivity contribution is 7.09. The van der Waals surface area contributed by atoms with Gasteiger partial charge in [-0.05, 0) is 13.8 Å². The largest absolute Gasteiger partial charge is 0.367 e. The van der Waals surface area contributed by atoms with E-state index in [9.17, 15) is 4.79 Å². The Hall–Kier alpha value is -1.96. The molecule has 0 aromatic carbocycles. The highest BCUT2D eigenvalue weighted by Gasteiger charge is 2.25. The molecule has 2 aromatic rings. The second-order valence-electron chi connectivity index (χ2n) is 4.31. The molecule has 2 heterocycles. The second kappa shape index (κ2) is 4.73. The minimum Gasteiger partial charge on any atom is -0.367 e. The summed E-state index contributed by atoms with van der Waals surface area (Å²) in [5.74, 6) is -0.0120. The number of carbonyl (C=O) groups is 1. The van der Waals surface area contributed by atoms with Gasteiger partial charge in [0, 0.05) is 11.6 Å². The predicted octanol–water partition coefficient (Wildman–Crippen LogP) is 0.368. The first kappa shape index (κ1) is 12.5. The zero-order chi connectivity index (χ0) is 13.2. The maximum Gasteiger partial charge on any atom is 0.242 e. The molecule has 3 N–H and O–H groups in total. The van der Waals surface area contributed by atoms with E-state index in [1.54, 1.807) is 6.20 Å². The first-order valence-corrected chi connectivity index (χ1v) is 6.21. The van der Waals surface area contributed by atoms with E-state index in [-0.39, 0.29) is 18.4 Å². The zero-order valence-electron chi connectivity index (χ0n) is 10.1. The van der Waals surface area contributed by atoms with Crippen LogP contribution in [0.4, 0.5) is 5.95 Å². The number of hydrogen-bond donors (Lipinski definition) is 2. The lowest BCUT2D eigenvalue weighted by Crippen LogP contribution is -2.42. The van der Waals surface area contributed by atoms with Gasteiger partial charge >= 0.3 is 0 Å². The maximum atomic E-state index is 11.9. The summed E-state index contributed by atoms with van der Waals surface area (Å²) in [7, 11) is 0. The van der Waals surface area contributed by atoms with Gasteiger partial charge in [-0.25, -0.2) is 14.6 Å². The van der Waals surface area contributed by atoms with Crippen molar-refractivity contribution in [3.8, 4) is 0 Å². The normalized spacial score (nSPS) is 11.4. The fourth-order valence-electron chi connectivity index (χ4n) is 1.51. The minimum absolute atomic E-state index is 0.0823. The van der Waals surface area contributed by atoms with Crippen LogP contribution in [0.5, 0.6) is 0 Å². The number of rotatable bonds is 4. The van der Waals surface area contributed by atoms with Crippen LogP contribution in [0.25, 0.3) is 0 Å². The van der Waals surface area contributed by atoms with Gasteiger partial charge < -0.3 is 11.1 Å². The van der Waals surface area contributed by atoms with Gasteiger partial charge in [0.15, 0.2) is 0 Å². The zero-order valence-corrected chi connectivity index (χ0v) is 10.9. The highest BCUT2D eigenvalue weighted by Crippen LogP contribution is 2.21. The van der Waals surface area contributed by atoms with E-state index in [0.29, 0.717) is 0 Å². The number of nitrogen functional groups attached to an aromatic ring is 1. The number of carbonyl (C=O) groups excluding carboxylic acids is 1. The smallest absolute Gasteiger partial charge is 0.242 e. The quantitative estimate of drug-likeness (QED) is 0.833. The number of thiazole rings is 1. The Morgan fingerprint density at radius 3 is 2.89 bits per heavy atom. The van der Waals surface area contributed by atoms with Crippen molar-refractivity contribution in [2.45, 2.75) is 25.9 Å². The molecule has 0 bridgehead atoms. The van der Waals surface area contributed by atoms with Crippen molar-refractivity contribution in [2.24, 2.45) is 0 Å². The third-order valence-corrected chi connectivity index (χ3v) is 3.38. The fourth-order valence-corrected chi connectivity index (χ4v) is 2.22. The fraction of sp³-hybridized carbons (Fsp3) is 0.400. The number of hydrogen-bond acceptors (Lipinski definition) is 6. The number of anilines is 1. The minimum atomic E-state index is -0.503. The molecule has 0 saturated heterocycles. The summed E-state index contributed by atoms with van der Waals surface area (Å²) < 4.78 is 1.39. The van der Waals surface area contributed by atoms with Gasteiger partial charge in [0.1, 0.15) is 17.9 Å². The summed E-state index contributed by atoms with van der Waals surface area (Å²) in [6.07, 6.45) is 3.14.